The minimum atomic E-state index is 0.567. The van der Waals surface area contributed by atoms with Crippen LogP contribution in [-0.4, -0.2) is 26.5 Å². The predicted octanol–water partition coefficient (Wildman–Crippen LogP) is 1.82. The zero-order chi connectivity index (χ0) is 11.8. The van der Waals surface area contributed by atoms with Crippen molar-refractivity contribution in [3.63, 3.8) is 0 Å². The van der Waals surface area contributed by atoms with Crippen LogP contribution in [-0.2, 0) is 0 Å². The molecule has 5 nitrogen and oxygen atoms in total. The summed E-state index contributed by atoms with van der Waals surface area (Å²) in [6.07, 6.45) is 0. The molecule has 1 aliphatic rings. The molecular formula is C10H8ClN5S. The maximum Gasteiger partial charge on any atom is 0.212 e. The lowest BCUT2D eigenvalue weighted by Crippen LogP contribution is -2.20. The lowest BCUT2D eigenvalue weighted by molar-refractivity contribution is 0.760. The van der Waals surface area contributed by atoms with Crippen LogP contribution in [0.5, 0.6) is 0 Å². The normalized spacial score (nSPS) is 14.3. The van der Waals surface area contributed by atoms with Gasteiger partial charge in [-0.05, 0) is 24.3 Å². The van der Waals surface area contributed by atoms with Crippen LogP contribution in [0.25, 0.3) is 11.4 Å². The largest absolute Gasteiger partial charge is 0.385 e. The van der Waals surface area contributed by atoms with Gasteiger partial charge in [0, 0.05) is 10.6 Å². The Hall–Kier alpha value is -1.53. The average Bonchev–Trinajstić information content (AvgIpc) is 2.73. The van der Waals surface area contributed by atoms with Gasteiger partial charge in [-0.2, -0.15) is 9.78 Å². The third-order valence-corrected chi connectivity index (χ3v) is 3.50. The number of hydrogen-bond donors (Lipinski definition) is 1. The molecule has 1 aliphatic heterocycles. The van der Waals surface area contributed by atoms with Crippen LogP contribution >= 0.6 is 23.4 Å². The highest BCUT2D eigenvalue weighted by Gasteiger charge is 2.18. The summed E-state index contributed by atoms with van der Waals surface area (Å²) in [6, 6.07) is 7.37. The monoisotopic (exact) mass is 265 g/mol. The molecule has 0 aliphatic carbocycles. The van der Waals surface area contributed by atoms with E-state index in [2.05, 4.69) is 15.3 Å². The number of nitrogens with zero attached hydrogens (tertiary/aromatic N) is 4. The number of nitrogens with two attached hydrogens (primary N) is 1. The van der Waals surface area contributed by atoms with Crippen LogP contribution in [0.15, 0.2) is 34.5 Å². The van der Waals surface area contributed by atoms with Crippen molar-refractivity contribution in [2.24, 2.45) is 10.8 Å². The molecule has 2 aromatic rings. The quantitative estimate of drug-likeness (QED) is 0.854. The van der Waals surface area contributed by atoms with E-state index in [4.69, 9.17) is 17.3 Å². The van der Waals surface area contributed by atoms with Crippen molar-refractivity contribution in [1.29, 1.82) is 0 Å². The van der Waals surface area contributed by atoms with Gasteiger partial charge in [0.1, 0.15) is 5.84 Å². The Bertz CT molecular complexity index is 589. The Morgan fingerprint density at radius 2 is 2.00 bits per heavy atom. The van der Waals surface area contributed by atoms with Crippen molar-refractivity contribution in [2.75, 3.05) is 5.75 Å². The van der Waals surface area contributed by atoms with Crippen LogP contribution in [0.4, 0.5) is 0 Å². The smallest absolute Gasteiger partial charge is 0.212 e. The molecule has 0 radical (unpaired) electrons. The summed E-state index contributed by atoms with van der Waals surface area (Å²) in [4.78, 5) is 0. The van der Waals surface area contributed by atoms with Gasteiger partial charge in [0.25, 0.3) is 0 Å². The van der Waals surface area contributed by atoms with E-state index in [0.717, 1.165) is 10.7 Å². The molecule has 0 atom stereocenters. The number of fused-ring (bicyclic) bond motifs is 1. The van der Waals surface area contributed by atoms with E-state index in [1.54, 1.807) is 4.68 Å². The maximum absolute atomic E-state index is 5.85. The second-order valence-electron chi connectivity index (χ2n) is 3.50. The second kappa shape index (κ2) is 4.05. The summed E-state index contributed by atoms with van der Waals surface area (Å²) < 4.78 is 1.66. The summed E-state index contributed by atoms with van der Waals surface area (Å²) in [5.41, 5.74) is 6.62. The van der Waals surface area contributed by atoms with Crippen molar-refractivity contribution in [2.45, 2.75) is 5.16 Å². The minimum Gasteiger partial charge on any atom is -0.385 e. The van der Waals surface area contributed by atoms with E-state index in [9.17, 15) is 0 Å². The van der Waals surface area contributed by atoms with Crippen molar-refractivity contribution < 1.29 is 0 Å². The summed E-state index contributed by atoms with van der Waals surface area (Å²) in [6.45, 7) is 0. The van der Waals surface area contributed by atoms with Gasteiger partial charge in [-0.3, -0.25) is 0 Å². The first kappa shape index (κ1) is 10.6. The number of amidine groups is 1. The molecule has 0 bridgehead atoms. The average molecular weight is 266 g/mol. The molecule has 2 heterocycles. The molecule has 7 heteroatoms. The van der Waals surface area contributed by atoms with E-state index in [1.165, 1.54) is 11.8 Å². The lowest BCUT2D eigenvalue weighted by atomic mass is 10.2. The standard InChI is InChI=1S/C10H8ClN5S/c11-7-3-1-6(2-4-7)9-13-14-10-16(9)15-8(12)5-17-10/h1-4H,5H2,(H2,12,15). The number of halogens is 1. The highest BCUT2D eigenvalue weighted by Crippen LogP contribution is 2.26. The van der Waals surface area contributed by atoms with E-state index >= 15 is 0 Å². The molecule has 0 saturated carbocycles. The molecule has 0 spiro atoms. The number of hydrogen-bond acceptors (Lipinski definition) is 5. The van der Waals surface area contributed by atoms with Gasteiger partial charge >= 0.3 is 0 Å². The lowest BCUT2D eigenvalue weighted by Gasteiger charge is -2.10. The molecule has 86 valence electrons. The molecule has 0 saturated heterocycles. The van der Waals surface area contributed by atoms with E-state index in [-0.39, 0.29) is 0 Å². The third kappa shape index (κ3) is 1.89. The van der Waals surface area contributed by atoms with Crippen molar-refractivity contribution >= 4 is 29.2 Å². The van der Waals surface area contributed by atoms with Gasteiger partial charge in [-0.1, -0.05) is 23.4 Å². The molecule has 17 heavy (non-hydrogen) atoms. The number of rotatable bonds is 1. The first-order chi connectivity index (χ1) is 8.24. The fraction of sp³-hybridized carbons (Fsp3) is 0.100. The van der Waals surface area contributed by atoms with E-state index in [0.29, 0.717) is 22.4 Å². The molecule has 2 N–H and O–H groups in total. The molecule has 1 aromatic heterocycles. The van der Waals surface area contributed by atoms with Crippen molar-refractivity contribution in [3.8, 4) is 11.4 Å². The van der Waals surface area contributed by atoms with Gasteiger partial charge in [0.2, 0.25) is 5.16 Å². The fourth-order valence-electron chi connectivity index (χ4n) is 1.52. The summed E-state index contributed by atoms with van der Waals surface area (Å²) in [7, 11) is 0. The van der Waals surface area contributed by atoms with Crippen LogP contribution in [0, 0.1) is 0 Å². The molecule has 0 fully saturated rings. The summed E-state index contributed by atoms with van der Waals surface area (Å²) >= 11 is 7.37. The van der Waals surface area contributed by atoms with Crippen LogP contribution in [0.2, 0.25) is 5.02 Å². The highest BCUT2D eigenvalue weighted by molar-refractivity contribution is 7.99. The molecular weight excluding hydrogens is 258 g/mol. The van der Waals surface area contributed by atoms with E-state index < -0.39 is 0 Å². The molecule has 3 rings (SSSR count). The Balaban J connectivity index is 2.11. The highest BCUT2D eigenvalue weighted by atomic mass is 35.5. The number of aromatic nitrogens is 3. The van der Waals surface area contributed by atoms with Crippen molar-refractivity contribution in [1.82, 2.24) is 14.9 Å². The molecule has 1 aromatic carbocycles. The molecule has 0 amide bonds. The SMILES string of the molecule is NC1=Nn2c(nnc2-c2ccc(Cl)cc2)SC1. The zero-order valence-corrected chi connectivity index (χ0v) is 10.2. The first-order valence-electron chi connectivity index (χ1n) is 4.91. The maximum atomic E-state index is 5.85. The van der Waals surface area contributed by atoms with Gasteiger partial charge in [0.05, 0.1) is 5.75 Å². The number of benzene rings is 1. The topological polar surface area (TPSA) is 69.1 Å². The predicted molar refractivity (Wildman–Crippen MR) is 68.2 cm³/mol. The van der Waals surface area contributed by atoms with Crippen LogP contribution in [0.1, 0.15) is 0 Å². The van der Waals surface area contributed by atoms with Gasteiger partial charge < -0.3 is 5.73 Å². The Morgan fingerprint density at radius 1 is 1.24 bits per heavy atom. The fourth-order valence-corrected chi connectivity index (χ4v) is 2.33. The van der Waals surface area contributed by atoms with Gasteiger partial charge in [0.15, 0.2) is 5.82 Å². The van der Waals surface area contributed by atoms with Gasteiger partial charge in [-0.25, -0.2) is 0 Å². The molecule has 0 unspecified atom stereocenters. The second-order valence-corrected chi connectivity index (χ2v) is 4.88. The summed E-state index contributed by atoms with van der Waals surface area (Å²) in [5.74, 6) is 1.89. The number of thioether (sulfide) groups is 1. The van der Waals surface area contributed by atoms with Crippen LogP contribution < -0.4 is 5.73 Å². The van der Waals surface area contributed by atoms with Gasteiger partial charge in [-0.15, -0.1) is 10.2 Å². The minimum absolute atomic E-state index is 0.567. The van der Waals surface area contributed by atoms with Crippen molar-refractivity contribution in [3.05, 3.63) is 29.3 Å². The Kier molecular flexibility index (Phi) is 2.53. The summed E-state index contributed by atoms with van der Waals surface area (Å²) in [5, 5.41) is 13.9. The van der Waals surface area contributed by atoms with E-state index in [1.807, 2.05) is 24.3 Å². The van der Waals surface area contributed by atoms with Crippen LogP contribution in [0.3, 0.4) is 0 Å². The Labute approximate surface area is 107 Å². The Morgan fingerprint density at radius 3 is 2.76 bits per heavy atom. The first-order valence-corrected chi connectivity index (χ1v) is 6.28. The third-order valence-electron chi connectivity index (χ3n) is 2.29. The zero-order valence-electron chi connectivity index (χ0n) is 8.67.